The van der Waals surface area contributed by atoms with Gasteiger partial charge in [-0.25, -0.2) is 0 Å². The molecule has 4 nitrogen and oxygen atoms in total. The Hall–Kier alpha value is -2.14. The molecule has 2 rings (SSSR count). The van der Waals surface area contributed by atoms with Crippen molar-refractivity contribution < 1.29 is 14.3 Å². The van der Waals surface area contributed by atoms with Crippen LogP contribution >= 0.6 is 11.8 Å². The first-order valence-corrected chi connectivity index (χ1v) is 9.22. The van der Waals surface area contributed by atoms with E-state index in [9.17, 15) is 4.79 Å². The summed E-state index contributed by atoms with van der Waals surface area (Å²) in [5, 5.41) is 3.03. The Labute approximate surface area is 153 Å². The molecule has 0 bridgehead atoms. The van der Waals surface area contributed by atoms with Gasteiger partial charge in [0.1, 0.15) is 11.5 Å². The molecule has 0 saturated heterocycles. The van der Waals surface area contributed by atoms with E-state index in [4.69, 9.17) is 9.47 Å². The Morgan fingerprint density at radius 1 is 1.12 bits per heavy atom. The molecule has 5 heteroatoms. The van der Waals surface area contributed by atoms with Crippen LogP contribution in [0.15, 0.2) is 47.4 Å². The molecule has 134 valence electrons. The lowest BCUT2D eigenvalue weighted by Crippen LogP contribution is -2.27. The standard InChI is InChI=1S/C20H25NO3S/c1-14-5-8-17(9-6-14)25-12-11-20(22)21-15(2)18-13-16(23-3)7-10-19(18)24-4/h5-10,13,15H,11-12H2,1-4H3,(H,21,22)/t15-/m0/s1. The summed E-state index contributed by atoms with van der Waals surface area (Å²) in [6.45, 7) is 4.01. The maximum atomic E-state index is 12.2. The summed E-state index contributed by atoms with van der Waals surface area (Å²) in [6.07, 6.45) is 0.467. The molecule has 1 amide bonds. The second kappa shape index (κ2) is 9.37. The minimum atomic E-state index is -0.151. The summed E-state index contributed by atoms with van der Waals surface area (Å²) in [4.78, 5) is 13.4. The molecule has 0 saturated carbocycles. The van der Waals surface area contributed by atoms with Gasteiger partial charge in [-0.3, -0.25) is 4.79 Å². The topological polar surface area (TPSA) is 47.6 Å². The molecular weight excluding hydrogens is 334 g/mol. The predicted molar refractivity (Wildman–Crippen MR) is 103 cm³/mol. The molecule has 0 aliphatic heterocycles. The zero-order chi connectivity index (χ0) is 18.2. The summed E-state index contributed by atoms with van der Waals surface area (Å²) in [7, 11) is 3.25. The molecule has 2 aromatic carbocycles. The first kappa shape index (κ1) is 19.2. The van der Waals surface area contributed by atoms with Crippen LogP contribution in [0.3, 0.4) is 0 Å². The van der Waals surface area contributed by atoms with Crippen molar-refractivity contribution in [2.24, 2.45) is 0 Å². The molecule has 2 aromatic rings. The Morgan fingerprint density at radius 2 is 1.84 bits per heavy atom. The van der Waals surface area contributed by atoms with E-state index in [0.717, 1.165) is 22.8 Å². The minimum absolute atomic E-state index is 0.0250. The van der Waals surface area contributed by atoms with Crippen molar-refractivity contribution in [3.05, 3.63) is 53.6 Å². The van der Waals surface area contributed by atoms with E-state index in [1.807, 2.05) is 25.1 Å². The number of carbonyl (C=O) groups is 1. The zero-order valence-corrected chi connectivity index (χ0v) is 16.0. The average molecular weight is 359 g/mol. The van der Waals surface area contributed by atoms with E-state index in [-0.39, 0.29) is 11.9 Å². The van der Waals surface area contributed by atoms with Crippen molar-refractivity contribution in [1.82, 2.24) is 5.32 Å². The number of nitrogens with one attached hydrogen (secondary N) is 1. The van der Waals surface area contributed by atoms with Crippen LogP contribution in [0.2, 0.25) is 0 Å². The van der Waals surface area contributed by atoms with Gasteiger partial charge in [0.25, 0.3) is 0 Å². The molecule has 1 atom stereocenters. The van der Waals surface area contributed by atoms with Gasteiger partial charge in [0.2, 0.25) is 5.91 Å². The smallest absolute Gasteiger partial charge is 0.221 e. The van der Waals surface area contributed by atoms with Gasteiger partial charge in [-0.05, 0) is 44.2 Å². The van der Waals surface area contributed by atoms with Gasteiger partial charge in [0.05, 0.1) is 20.3 Å². The monoisotopic (exact) mass is 359 g/mol. The van der Waals surface area contributed by atoms with Crippen LogP contribution in [0.25, 0.3) is 0 Å². The van der Waals surface area contributed by atoms with E-state index >= 15 is 0 Å². The van der Waals surface area contributed by atoms with Crippen LogP contribution in [0.1, 0.15) is 30.5 Å². The van der Waals surface area contributed by atoms with Gasteiger partial charge in [-0.15, -0.1) is 11.8 Å². The van der Waals surface area contributed by atoms with Gasteiger partial charge in [-0.2, -0.15) is 0 Å². The first-order valence-electron chi connectivity index (χ1n) is 8.24. The summed E-state index contributed by atoms with van der Waals surface area (Å²) < 4.78 is 10.6. The van der Waals surface area contributed by atoms with Crippen molar-refractivity contribution >= 4 is 17.7 Å². The molecule has 0 unspecified atom stereocenters. The summed E-state index contributed by atoms with van der Waals surface area (Å²) in [5.41, 5.74) is 2.14. The quantitative estimate of drug-likeness (QED) is 0.711. The molecule has 0 spiro atoms. The number of rotatable bonds is 8. The Bertz CT molecular complexity index is 701. The minimum Gasteiger partial charge on any atom is -0.497 e. The molecule has 0 aliphatic rings. The normalized spacial score (nSPS) is 11.7. The van der Waals surface area contributed by atoms with Crippen molar-refractivity contribution in [3.63, 3.8) is 0 Å². The fourth-order valence-electron chi connectivity index (χ4n) is 2.47. The fourth-order valence-corrected chi connectivity index (χ4v) is 3.32. The summed E-state index contributed by atoms with van der Waals surface area (Å²) in [6, 6.07) is 13.8. The molecule has 0 fully saturated rings. The molecule has 25 heavy (non-hydrogen) atoms. The highest BCUT2D eigenvalue weighted by Crippen LogP contribution is 2.29. The lowest BCUT2D eigenvalue weighted by molar-refractivity contribution is -0.121. The third-order valence-electron chi connectivity index (χ3n) is 3.90. The number of thioether (sulfide) groups is 1. The van der Waals surface area contributed by atoms with Crippen LogP contribution in [0.4, 0.5) is 0 Å². The second-order valence-electron chi connectivity index (χ2n) is 5.81. The SMILES string of the molecule is COc1ccc(OC)c([C@H](C)NC(=O)CCSc2ccc(C)cc2)c1. The number of ether oxygens (including phenoxy) is 2. The predicted octanol–water partition coefficient (Wildman–Crippen LogP) is 4.37. The van der Waals surface area contributed by atoms with Gasteiger partial charge in [-0.1, -0.05) is 17.7 Å². The molecule has 0 radical (unpaired) electrons. The van der Waals surface area contributed by atoms with Crippen molar-refractivity contribution in [2.75, 3.05) is 20.0 Å². The van der Waals surface area contributed by atoms with Crippen molar-refractivity contribution in [2.45, 2.75) is 31.2 Å². The number of aryl methyl sites for hydroxylation is 1. The molecule has 0 aromatic heterocycles. The molecular formula is C20H25NO3S. The fraction of sp³-hybridized carbons (Fsp3) is 0.350. The number of amides is 1. The zero-order valence-electron chi connectivity index (χ0n) is 15.2. The van der Waals surface area contributed by atoms with Gasteiger partial charge >= 0.3 is 0 Å². The van der Waals surface area contributed by atoms with Gasteiger partial charge in [0.15, 0.2) is 0 Å². The molecule has 0 heterocycles. The maximum absolute atomic E-state index is 12.2. The lowest BCUT2D eigenvalue weighted by Gasteiger charge is -2.18. The number of benzene rings is 2. The number of hydrogen-bond donors (Lipinski definition) is 1. The lowest BCUT2D eigenvalue weighted by atomic mass is 10.1. The average Bonchev–Trinajstić information content (AvgIpc) is 2.62. The molecule has 1 N–H and O–H groups in total. The van der Waals surface area contributed by atoms with E-state index < -0.39 is 0 Å². The Balaban J connectivity index is 1.88. The van der Waals surface area contributed by atoms with E-state index in [0.29, 0.717) is 6.42 Å². The third kappa shape index (κ3) is 5.71. The number of carbonyl (C=O) groups excluding carboxylic acids is 1. The summed E-state index contributed by atoms with van der Waals surface area (Å²) in [5.74, 6) is 2.25. The third-order valence-corrected chi connectivity index (χ3v) is 4.91. The van der Waals surface area contributed by atoms with Crippen LogP contribution < -0.4 is 14.8 Å². The Morgan fingerprint density at radius 3 is 2.48 bits per heavy atom. The van der Waals surface area contributed by atoms with E-state index in [1.165, 1.54) is 10.5 Å². The highest BCUT2D eigenvalue weighted by atomic mass is 32.2. The summed E-state index contributed by atoms with van der Waals surface area (Å²) >= 11 is 1.69. The number of methoxy groups -OCH3 is 2. The second-order valence-corrected chi connectivity index (χ2v) is 6.98. The largest absolute Gasteiger partial charge is 0.497 e. The van der Waals surface area contributed by atoms with Crippen molar-refractivity contribution in [3.8, 4) is 11.5 Å². The van der Waals surface area contributed by atoms with Crippen LogP contribution in [-0.2, 0) is 4.79 Å². The van der Waals surface area contributed by atoms with Crippen LogP contribution in [0.5, 0.6) is 11.5 Å². The van der Waals surface area contributed by atoms with Crippen molar-refractivity contribution in [1.29, 1.82) is 0 Å². The maximum Gasteiger partial charge on any atom is 0.221 e. The van der Waals surface area contributed by atoms with Crippen LogP contribution in [0, 0.1) is 6.92 Å². The van der Waals surface area contributed by atoms with Gasteiger partial charge in [0, 0.05) is 22.6 Å². The van der Waals surface area contributed by atoms with E-state index in [2.05, 4.69) is 36.5 Å². The van der Waals surface area contributed by atoms with E-state index in [1.54, 1.807) is 26.0 Å². The molecule has 0 aliphatic carbocycles. The highest BCUT2D eigenvalue weighted by Gasteiger charge is 2.15. The van der Waals surface area contributed by atoms with Crippen LogP contribution in [-0.4, -0.2) is 25.9 Å². The highest BCUT2D eigenvalue weighted by molar-refractivity contribution is 7.99. The number of hydrogen-bond acceptors (Lipinski definition) is 4. The Kier molecular flexibility index (Phi) is 7.19. The first-order chi connectivity index (χ1) is 12.0. The van der Waals surface area contributed by atoms with Gasteiger partial charge < -0.3 is 14.8 Å².